The minimum absolute atomic E-state index is 0.0591. The zero-order valence-corrected chi connectivity index (χ0v) is 9.70. The van der Waals surface area contributed by atoms with Crippen LogP contribution in [0.15, 0.2) is 41.1 Å². The van der Waals surface area contributed by atoms with E-state index in [1.165, 1.54) is 0 Å². The number of Topliss-reactive ketones (excluding diaryl/α,β-unsaturated/α-hetero) is 1. The van der Waals surface area contributed by atoms with E-state index < -0.39 is 10.1 Å². The Morgan fingerprint density at radius 3 is 2.27 bits per heavy atom. The van der Waals surface area contributed by atoms with E-state index in [0.29, 0.717) is 5.70 Å². The predicted molar refractivity (Wildman–Crippen MR) is 62.4 cm³/mol. The topological polar surface area (TPSA) is 29.1 Å². The number of carbonyl (C=O) groups is 1. The molecule has 0 amide bonds. The maximum absolute atomic E-state index is 11.2. The molecule has 1 aromatic carbocycles. The normalized spacial score (nSPS) is 18.7. The Morgan fingerprint density at radius 2 is 1.73 bits per heavy atom. The largest absolute Gasteiger partial charge is 0.355 e. The SMILES string of the molecule is O=C1C(Cl)=C(Nc2ccccc2)C1(Cl)Cl. The fourth-order valence-corrected chi connectivity index (χ4v) is 2.24. The number of nitrogens with one attached hydrogen (secondary N) is 1. The van der Waals surface area contributed by atoms with E-state index in [0.717, 1.165) is 5.69 Å². The maximum Gasteiger partial charge on any atom is 0.222 e. The van der Waals surface area contributed by atoms with E-state index in [-0.39, 0.29) is 5.03 Å². The van der Waals surface area contributed by atoms with E-state index in [9.17, 15) is 4.79 Å². The molecule has 15 heavy (non-hydrogen) atoms. The third kappa shape index (κ3) is 1.73. The van der Waals surface area contributed by atoms with Gasteiger partial charge in [-0.05, 0) is 12.1 Å². The highest BCUT2D eigenvalue weighted by atomic mass is 35.5. The van der Waals surface area contributed by atoms with Crippen LogP contribution in [0, 0.1) is 0 Å². The van der Waals surface area contributed by atoms with Crippen molar-refractivity contribution in [3.8, 4) is 0 Å². The molecule has 0 spiro atoms. The lowest BCUT2D eigenvalue weighted by atomic mass is 10.0. The van der Waals surface area contributed by atoms with Crippen molar-refractivity contribution in [3.05, 3.63) is 41.1 Å². The van der Waals surface area contributed by atoms with Gasteiger partial charge < -0.3 is 5.32 Å². The van der Waals surface area contributed by atoms with Gasteiger partial charge in [0.1, 0.15) is 5.03 Å². The summed E-state index contributed by atoms with van der Waals surface area (Å²) in [5.74, 6) is -0.467. The summed E-state index contributed by atoms with van der Waals surface area (Å²) in [6, 6.07) is 9.22. The second kappa shape index (κ2) is 3.71. The zero-order chi connectivity index (χ0) is 11.1. The number of para-hydroxylation sites is 1. The third-order valence-electron chi connectivity index (χ3n) is 2.06. The van der Waals surface area contributed by atoms with Gasteiger partial charge in [0.05, 0.1) is 5.70 Å². The second-order valence-electron chi connectivity index (χ2n) is 3.08. The van der Waals surface area contributed by atoms with Crippen LogP contribution < -0.4 is 5.32 Å². The van der Waals surface area contributed by atoms with E-state index >= 15 is 0 Å². The van der Waals surface area contributed by atoms with Crippen molar-refractivity contribution in [1.29, 1.82) is 0 Å². The van der Waals surface area contributed by atoms with Crippen LogP contribution in [0.5, 0.6) is 0 Å². The Morgan fingerprint density at radius 1 is 1.13 bits per heavy atom. The Labute approximate surface area is 102 Å². The molecule has 0 saturated carbocycles. The van der Waals surface area contributed by atoms with Crippen LogP contribution >= 0.6 is 34.8 Å². The molecular formula is C10H6Cl3NO. The van der Waals surface area contributed by atoms with Gasteiger partial charge in [-0.1, -0.05) is 53.0 Å². The van der Waals surface area contributed by atoms with Crippen molar-refractivity contribution in [2.45, 2.75) is 4.33 Å². The van der Waals surface area contributed by atoms with E-state index in [2.05, 4.69) is 5.32 Å². The number of anilines is 1. The molecule has 78 valence electrons. The minimum Gasteiger partial charge on any atom is -0.355 e. The van der Waals surface area contributed by atoms with Gasteiger partial charge in [0, 0.05) is 5.69 Å². The van der Waals surface area contributed by atoms with Gasteiger partial charge in [-0.15, -0.1) is 0 Å². The summed E-state index contributed by atoms with van der Waals surface area (Å²) in [5, 5.41) is 2.97. The average molecular weight is 263 g/mol. The molecule has 1 N–H and O–H groups in total. The number of benzene rings is 1. The van der Waals surface area contributed by atoms with E-state index in [1.54, 1.807) is 0 Å². The summed E-state index contributed by atoms with van der Waals surface area (Å²) < 4.78 is -1.53. The third-order valence-corrected chi connectivity index (χ3v) is 3.14. The summed E-state index contributed by atoms with van der Waals surface area (Å²) in [6.07, 6.45) is 0. The lowest BCUT2D eigenvalue weighted by molar-refractivity contribution is -0.116. The summed E-state index contributed by atoms with van der Waals surface area (Å²) in [6.45, 7) is 0. The standard InChI is InChI=1S/C10H6Cl3NO/c11-7-8(10(12,13)9(7)15)14-6-4-2-1-3-5-6/h1-5,14H. The Hall–Kier alpha value is -0.700. The number of rotatable bonds is 2. The lowest BCUT2D eigenvalue weighted by Gasteiger charge is -2.31. The van der Waals surface area contributed by atoms with Gasteiger partial charge in [-0.25, -0.2) is 0 Å². The number of alkyl halides is 2. The van der Waals surface area contributed by atoms with Crippen LogP contribution in [-0.2, 0) is 4.79 Å². The zero-order valence-electron chi connectivity index (χ0n) is 7.43. The van der Waals surface area contributed by atoms with Crippen LogP contribution in [0.2, 0.25) is 0 Å². The fourth-order valence-electron chi connectivity index (χ4n) is 1.24. The smallest absolute Gasteiger partial charge is 0.222 e. The summed E-state index contributed by atoms with van der Waals surface area (Å²) in [7, 11) is 0. The van der Waals surface area contributed by atoms with Crippen molar-refractivity contribution >= 4 is 46.3 Å². The first-order valence-electron chi connectivity index (χ1n) is 4.18. The number of allylic oxidation sites excluding steroid dienone is 2. The summed E-state index contributed by atoms with van der Waals surface area (Å²) in [4.78, 5) is 11.2. The fraction of sp³-hybridized carbons (Fsp3) is 0.100. The molecule has 5 heteroatoms. The maximum atomic E-state index is 11.2. The van der Waals surface area contributed by atoms with Gasteiger partial charge in [0.25, 0.3) is 0 Å². The molecule has 0 radical (unpaired) electrons. The highest BCUT2D eigenvalue weighted by Gasteiger charge is 2.51. The van der Waals surface area contributed by atoms with Crippen molar-refractivity contribution in [2.24, 2.45) is 0 Å². The highest BCUT2D eigenvalue weighted by molar-refractivity contribution is 6.70. The highest BCUT2D eigenvalue weighted by Crippen LogP contribution is 2.45. The molecule has 0 bridgehead atoms. The molecule has 0 unspecified atom stereocenters. The van der Waals surface area contributed by atoms with Crippen molar-refractivity contribution < 1.29 is 4.79 Å². The average Bonchev–Trinajstić information content (AvgIpc) is 2.26. The molecular weight excluding hydrogens is 256 g/mol. The second-order valence-corrected chi connectivity index (χ2v) is 4.79. The molecule has 0 fully saturated rings. The Kier molecular flexibility index (Phi) is 2.67. The molecule has 1 aromatic rings. The molecule has 0 heterocycles. The van der Waals surface area contributed by atoms with Gasteiger partial charge >= 0.3 is 0 Å². The first kappa shape index (κ1) is 10.8. The van der Waals surface area contributed by atoms with Crippen LogP contribution in [0.3, 0.4) is 0 Å². The summed E-state index contributed by atoms with van der Waals surface area (Å²) >= 11 is 17.3. The Balaban J connectivity index is 2.25. The monoisotopic (exact) mass is 261 g/mol. The number of halogens is 3. The molecule has 1 aliphatic carbocycles. The number of hydrogen-bond acceptors (Lipinski definition) is 2. The number of carbonyl (C=O) groups excluding carboxylic acids is 1. The van der Waals surface area contributed by atoms with Crippen LogP contribution in [-0.4, -0.2) is 10.1 Å². The van der Waals surface area contributed by atoms with E-state index in [1.807, 2.05) is 30.3 Å². The van der Waals surface area contributed by atoms with Crippen molar-refractivity contribution in [1.82, 2.24) is 0 Å². The molecule has 0 saturated heterocycles. The van der Waals surface area contributed by atoms with Gasteiger partial charge in [0.15, 0.2) is 0 Å². The molecule has 2 rings (SSSR count). The van der Waals surface area contributed by atoms with Gasteiger partial charge in [0.2, 0.25) is 10.1 Å². The minimum atomic E-state index is -1.53. The van der Waals surface area contributed by atoms with E-state index in [4.69, 9.17) is 34.8 Å². The first-order chi connectivity index (χ1) is 7.03. The van der Waals surface area contributed by atoms with Crippen LogP contribution in [0.25, 0.3) is 0 Å². The Bertz CT molecular complexity index is 439. The number of hydrogen-bond donors (Lipinski definition) is 1. The molecule has 0 atom stereocenters. The van der Waals surface area contributed by atoms with Crippen LogP contribution in [0.1, 0.15) is 0 Å². The molecule has 2 nitrogen and oxygen atoms in total. The molecule has 0 aromatic heterocycles. The molecule has 0 aliphatic heterocycles. The lowest BCUT2D eigenvalue weighted by Crippen LogP contribution is -2.43. The molecule has 1 aliphatic rings. The first-order valence-corrected chi connectivity index (χ1v) is 5.32. The van der Waals surface area contributed by atoms with Gasteiger partial charge in [-0.2, -0.15) is 0 Å². The summed E-state index contributed by atoms with van der Waals surface area (Å²) in [5.41, 5.74) is 1.12. The van der Waals surface area contributed by atoms with Crippen molar-refractivity contribution in [3.63, 3.8) is 0 Å². The number of ketones is 1. The quantitative estimate of drug-likeness (QED) is 0.829. The van der Waals surface area contributed by atoms with Gasteiger partial charge in [-0.3, -0.25) is 4.79 Å². The van der Waals surface area contributed by atoms with Crippen LogP contribution in [0.4, 0.5) is 5.69 Å². The predicted octanol–water partition coefficient (Wildman–Crippen LogP) is 3.31. The van der Waals surface area contributed by atoms with Crippen molar-refractivity contribution in [2.75, 3.05) is 5.32 Å².